The van der Waals surface area contributed by atoms with Gasteiger partial charge in [-0.1, -0.05) is 35.9 Å². The van der Waals surface area contributed by atoms with Crippen molar-refractivity contribution < 1.29 is 9.94 Å². The number of halogens is 1. The summed E-state index contributed by atoms with van der Waals surface area (Å²) in [5.41, 5.74) is 4.96. The van der Waals surface area contributed by atoms with Gasteiger partial charge in [0.25, 0.3) is 0 Å². The summed E-state index contributed by atoms with van der Waals surface area (Å²) in [7, 11) is 1.57. The van der Waals surface area contributed by atoms with Crippen LogP contribution in [0.4, 0.5) is 0 Å². The zero-order valence-corrected chi connectivity index (χ0v) is 10.7. The SMILES string of the molecule is CONC(c1ccc(O)cc1)c1ccc(Cl)cc1. The van der Waals surface area contributed by atoms with E-state index in [-0.39, 0.29) is 11.8 Å². The summed E-state index contributed by atoms with van der Waals surface area (Å²) in [5, 5.41) is 10.0. The summed E-state index contributed by atoms with van der Waals surface area (Å²) in [6.07, 6.45) is 0. The third-order valence-corrected chi connectivity index (χ3v) is 2.92. The smallest absolute Gasteiger partial charge is 0.115 e. The molecular formula is C14H14ClNO2. The van der Waals surface area contributed by atoms with Crippen LogP contribution >= 0.6 is 11.6 Å². The van der Waals surface area contributed by atoms with E-state index in [1.807, 2.05) is 36.4 Å². The van der Waals surface area contributed by atoms with E-state index in [0.717, 1.165) is 11.1 Å². The Labute approximate surface area is 111 Å². The predicted octanol–water partition coefficient (Wildman–Crippen LogP) is 3.29. The lowest BCUT2D eigenvalue weighted by molar-refractivity contribution is 0.0716. The third-order valence-electron chi connectivity index (χ3n) is 2.67. The van der Waals surface area contributed by atoms with E-state index in [1.165, 1.54) is 0 Å². The van der Waals surface area contributed by atoms with Crippen molar-refractivity contribution in [1.29, 1.82) is 0 Å². The molecule has 0 fully saturated rings. The van der Waals surface area contributed by atoms with Crippen molar-refractivity contribution in [3.8, 4) is 5.75 Å². The van der Waals surface area contributed by atoms with Gasteiger partial charge in [-0.2, -0.15) is 5.48 Å². The van der Waals surface area contributed by atoms with Crippen molar-refractivity contribution >= 4 is 11.6 Å². The molecule has 1 atom stereocenters. The standard InChI is InChI=1S/C14H14ClNO2/c1-18-16-14(10-2-6-12(15)7-3-10)11-4-8-13(17)9-5-11/h2-9,14,16-17H,1H3. The summed E-state index contributed by atoms with van der Waals surface area (Å²) in [5.74, 6) is 0.242. The maximum atomic E-state index is 9.31. The third kappa shape index (κ3) is 3.01. The van der Waals surface area contributed by atoms with Gasteiger partial charge >= 0.3 is 0 Å². The van der Waals surface area contributed by atoms with Crippen LogP contribution in [0, 0.1) is 0 Å². The minimum atomic E-state index is -0.104. The first-order valence-electron chi connectivity index (χ1n) is 5.53. The van der Waals surface area contributed by atoms with Gasteiger partial charge in [0.15, 0.2) is 0 Å². The molecule has 1 unspecified atom stereocenters. The number of aromatic hydroxyl groups is 1. The first kappa shape index (κ1) is 12.9. The van der Waals surface area contributed by atoms with Gasteiger partial charge in [0, 0.05) is 5.02 Å². The number of hydrogen-bond donors (Lipinski definition) is 2. The molecule has 0 aliphatic heterocycles. The van der Waals surface area contributed by atoms with Crippen molar-refractivity contribution in [1.82, 2.24) is 5.48 Å². The molecule has 2 aromatic rings. The summed E-state index contributed by atoms with van der Waals surface area (Å²) in [6.45, 7) is 0. The Hall–Kier alpha value is -1.55. The van der Waals surface area contributed by atoms with Gasteiger partial charge in [-0.25, -0.2) is 0 Å². The zero-order chi connectivity index (χ0) is 13.0. The predicted molar refractivity (Wildman–Crippen MR) is 71.5 cm³/mol. The first-order chi connectivity index (χ1) is 8.70. The Balaban J connectivity index is 2.33. The van der Waals surface area contributed by atoms with Crippen LogP contribution in [0.25, 0.3) is 0 Å². The molecule has 2 N–H and O–H groups in total. The van der Waals surface area contributed by atoms with Crippen LogP contribution in [0.2, 0.25) is 5.02 Å². The lowest BCUT2D eigenvalue weighted by atomic mass is 9.99. The zero-order valence-electron chi connectivity index (χ0n) is 9.93. The number of nitrogens with one attached hydrogen (secondary N) is 1. The Morgan fingerprint density at radius 3 is 2.00 bits per heavy atom. The summed E-state index contributed by atoms with van der Waals surface area (Å²) < 4.78 is 0. The van der Waals surface area contributed by atoms with Gasteiger partial charge in [0.05, 0.1) is 13.2 Å². The van der Waals surface area contributed by atoms with Crippen LogP contribution in [0.1, 0.15) is 17.2 Å². The van der Waals surface area contributed by atoms with Crippen molar-refractivity contribution in [2.45, 2.75) is 6.04 Å². The number of hydrogen-bond acceptors (Lipinski definition) is 3. The van der Waals surface area contributed by atoms with Crippen molar-refractivity contribution in [2.75, 3.05) is 7.11 Å². The molecule has 0 aromatic heterocycles. The molecule has 2 aromatic carbocycles. The molecule has 2 rings (SSSR count). The van der Waals surface area contributed by atoms with Crippen LogP contribution < -0.4 is 5.48 Å². The van der Waals surface area contributed by atoms with Crippen LogP contribution in [-0.4, -0.2) is 12.2 Å². The Bertz CT molecular complexity index is 451. The summed E-state index contributed by atoms with van der Waals surface area (Å²) in [4.78, 5) is 5.03. The van der Waals surface area contributed by atoms with Gasteiger partial charge < -0.3 is 9.94 Å². The van der Waals surface area contributed by atoms with Gasteiger partial charge in [-0.3, -0.25) is 0 Å². The number of benzene rings is 2. The van der Waals surface area contributed by atoms with E-state index in [4.69, 9.17) is 16.4 Å². The average molecular weight is 264 g/mol. The van der Waals surface area contributed by atoms with Crippen molar-refractivity contribution in [2.24, 2.45) is 0 Å². The summed E-state index contributed by atoms with van der Waals surface area (Å²) in [6, 6.07) is 14.4. The maximum Gasteiger partial charge on any atom is 0.115 e. The second-order valence-corrected chi connectivity index (χ2v) is 4.33. The van der Waals surface area contributed by atoms with E-state index in [0.29, 0.717) is 5.02 Å². The highest BCUT2D eigenvalue weighted by atomic mass is 35.5. The normalized spacial score (nSPS) is 12.3. The Morgan fingerprint density at radius 1 is 1.00 bits per heavy atom. The molecule has 94 valence electrons. The van der Waals surface area contributed by atoms with Gasteiger partial charge in [0.2, 0.25) is 0 Å². The van der Waals surface area contributed by atoms with Crippen LogP contribution in [-0.2, 0) is 4.84 Å². The van der Waals surface area contributed by atoms with E-state index in [2.05, 4.69) is 5.48 Å². The fourth-order valence-electron chi connectivity index (χ4n) is 1.77. The van der Waals surface area contributed by atoms with Crippen LogP contribution in [0.3, 0.4) is 0 Å². The largest absolute Gasteiger partial charge is 0.508 e. The molecule has 0 aliphatic carbocycles. The van der Waals surface area contributed by atoms with Gasteiger partial charge in [-0.15, -0.1) is 0 Å². The van der Waals surface area contributed by atoms with E-state index < -0.39 is 0 Å². The average Bonchev–Trinajstić information content (AvgIpc) is 2.39. The summed E-state index contributed by atoms with van der Waals surface area (Å²) >= 11 is 5.88. The molecule has 4 heteroatoms. The lowest BCUT2D eigenvalue weighted by Crippen LogP contribution is -2.21. The number of phenolic OH excluding ortho intramolecular Hbond substituents is 1. The Kier molecular flexibility index (Phi) is 4.20. The van der Waals surface area contributed by atoms with E-state index in [1.54, 1.807) is 19.2 Å². The van der Waals surface area contributed by atoms with Gasteiger partial charge in [-0.05, 0) is 35.4 Å². The van der Waals surface area contributed by atoms with Crippen LogP contribution in [0.5, 0.6) is 5.75 Å². The highest BCUT2D eigenvalue weighted by molar-refractivity contribution is 6.30. The minimum Gasteiger partial charge on any atom is -0.508 e. The molecule has 0 aliphatic rings. The maximum absolute atomic E-state index is 9.31. The molecule has 0 heterocycles. The topological polar surface area (TPSA) is 41.5 Å². The fraction of sp³-hybridized carbons (Fsp3) is 0.143. The van der Waals surface area contributed by atoms with Crippen molar-refractivity contribution in [3.05, 3.63) is 64.7 Å². The lowest BCUT2D eigenvalue weighted by Gasteiger charge is -2.18. The molecule has 0 bridgehead atoms. The van der Waals surface area contributed by atoms with E-state index in [9.17, 15) is 5.11 Å². The highest BCUT2D eigenvalue weighted by Crippen LogP contribution is 2.24. The molecule has 18 heavy (non-hydrogen) atoms. The van der Waals surface area contributed by atoms with Gasteiger partial charge in [0.1, 0.15) is 5.75 Å². The number of phenols is 1. The molecule has 0 spiro atoms. The second kappa shape index (κ2) is 5.87. The molecule has 0 amide bonds. The molecular weight excluding hydrogens is 250 g/mol. The Morgan fingerprint density at radius 2 is 1.50 bits per heavy atom. The molecule has 0 saturated carbocycles. The number of hydroxylamine groups is 1. The number of rotatable bonds is 4. The quantitative estimate of drug-likeness (QED) is 0.832. The van der Waals surface area contributed by atoms with Crippen LogP contribution in [0.15, 0.2) is 48.5 Å². The highest BCUT2D eigenvalue weighted by Gasteiger charge is 2.13. The molecule has 0 radical (unpaired) electrons. The first-order valence-corrected chi connectivity index (χ1v) is 5.91. The second-order valence-electron chi connectivity index (χ2n) is 3.90. The molecule has 0 saturated heterocycles. The van der Waals surface area contributed by atoms with E-state index >= 15 is 0 Å². The van der Waals surface area contributed by atoms with Crippen molar-refractivity contribution in [3.63, 3.8) is 0 Å². The monoisotopic (exact) mass is 263 g/mol. The minimum absolute atomic E-state index is 0.104. The fourth-order valence-corrected chi connectivity index (χ4v) is 1.89. The molecule has 3 nitrogen and oxygen atoms in total.